The third-order valence-corrected chi connectivity index (χ3v) is 4.40. The molecule has 26 heavy (non-hydrogen) atoms. The molecule has 0 aliphatic heterocycles. The molecule has 0 aliphatic rings. The standard InChI is InChI=1S/C19H19BrN4O2/c1-2-18(25)21-11-17-23-15-8-3-4-9-16(15)24(17)12-19(26)22-14-7-5-6-13(20)10-14/h3-10H,2,11-12H2,1H3,(H,21,25)(H,22,26). The Balaban J connectivity index is 1.82. The van der Waals surface area contributed by atoms with Crippen LogP contribution in [0.25, 0.3) is 11.0 Å². The summed E-state index contributed by atoms with van der Waals surface area (Å²) in [6.45, 7) is 2.19. The second-order valence-corrected chi connectivity index (χ2v) is 6.71. The average molecular weight is 415 g/mol. The Labute approximate surface area is 159 Å². The molecule has 134 valence electrons. The van der Waals surface area contributed by atoms with Gasteiger partial charge in [0.1, 0.15) is 12.4 Å². The monoisotopic (exact) mass is 414 g/mol. The van der Waals surface area contributed by atoms with Crippen molar-refractivity contribution in [1.29, 1.82) is 0 Å². The third-order valence-electron chi connectivity index (χ3n) is 3.91. The lowest BCUT2D eigenvalue weighted by atomic mass is 10.3. The first-order valence-corrected chi connectivity index (χ1v) is 9.12. The van der Waals surface area contributed by atoms with Gasteiger partial charge in [0.25, 0.3) is 0 Å². The van der Waals surface area contributed by atoms with Gasteiger partial charge < -0.3 is 15.2 Å². The number of nitrogens with zero attached hydrogens (tertiary/aromatic N) is 2. The van der Waals surface area contributed by atoms with Gasteiger partial charge in [-0.2, -0.15) is 0 Å². The molecule has 0 saturated heterocycles. The van der Waals surface area contributed by atoms with E-state index in [1.165, 1.54) is 0 Å². The fourth-order valence-corrected chi connectivity index (χ4v) is 3.05. The third kappa shape index (κ3) is 4.29. The van der Waals surface area contributed by atoms with E-state index in [4.69, 9.17) is 0 Å². The number of carbonyl (C=O) groups excluding carboxylic acids is 2. The highest BCUT2D eigenvalue weighted by Gasteiger charge is 2.14. The zero-order valence-corrected chi connectivity index (χ0v) is 15.9. The second kappa shape index (κ2) is 8.14. The van der Waals surface area contributed by atoms with E-state index in [2.05, 4.69) is 31.5 Å². The number of anilines is 1. The molecule has 3 rings (SSSR count). The zero-order valence-electron chi connectivity index (χ0n) is 14.3. The summed E-state index contributed by atoms with van der Waals surface area (Å²) in [6, 6.07) is 15.0. The van der Waals surface area contributed by atoms with Gasteiger partial charge in [0, 0.05) is 16.6 Å². The van der Waals surface area contributed by atoms with Crippen LogP contribution in [0.2, 0.25) is 0 Å². The van der Waals surface area contributed by atoms with Crippen molar-refractivity contribution >= 4 is 44.5 Å². The predicted molar refractivity (Wildman–Crippen MR) is 105 cm³/mol. The lowest BCUT2D eigenvalue weighted by Crippen LogP contribution is -2.26. The number of hydrogen-bond donors (Lipinski definition) is 2. The zero-order chi connectivity index (χ0) is 18.5. The maximum Gasteiger partial charge on any atom is 0.244 e. The number of carbonyl (C=O) groups is 2. The number of imidazole rings is 1. The molecule has 0 unspecified atom stereocenters. The fourth-order valence-electron chi connectivity index (χ4n) is 2.65. The highest BCUT2D eigenvalue weighted by Crippen LogP contribution is 2.18. The van der Waals surface area contributed by atoms with Gasteiger partial charge in [-0.3, -0.25) is 9.59 Å². The molecule has 0 saturated carbocycles. The average Bonchev–Trinajstić information content (AvgIpc) is 2.97. The van der Waals surface area contributed by atoms with E-state index in [1.807, 2.05) is 53.1 Å². The number of rotatable bonds is 6. The summed E-state index contributed by atoms with van der Waals surface area (Å²) in [5.41, 5.74) is 2.37. The quantitative estimate of drug-likeness (QED) is 0.648. The molecular formula is C19H19BrN4O2. The number of benzene rings is 2. The van der Waals surface area contributed by atoms with Crippen molar-refractivity contribution in [3.8, 4) is 0 Å². The smallest absolute Gasteiger partial charge is 0.244 e. The van der Waals surface area contributed by atoms with Gasteiger partial charge in [0.15, 0.2) is 0 Å². The molecule has 7 heteroatoms. The van der Waals surface area contributed by atoms with E-state index in [-0.39, 0.29) is 24.9 Å². The molecule has 0 spiro atoms. The summed E-state index contributed by atoms with van der Waals surface area (Å²) in [6.07, 6.45) is 0.406. The Kier molecular flexibility index (Phi) is 5.68. The highest BCUT2D eigenvalue weighted by atomic mass is 79.9. The SMILES string of the molecule is CCC(=O)NCc1nc2ccccc2n1CC(=O)Nc1cccc(Br)c1. The maximum absolute atomic E-state index is 12.5. The van der Waals surface area contributed by atoms with Crippen LogP contribution in [0, 0.1) is 0 Å². The van der Waals surface area contributed by atoms with Crippen LogP contribution < -0.4 is 10.6 Å². The number of amides is 2. The van der Waals surface area contributed by atoms with E-state index >= 15 is 0 Å². The maximum atomic E-state index is 12.5. The molecule has 1 aromatic heterocycles. The van der Waals surface area contributed by atoms with Crippen molar-refractivity contribution in [2.75, 3.05) is 5.32 Å². The second-order valence-electron chi connectivity index (χ2n) is 5.79. The van der Waals surface area contributed by atoms with Crippen molar-refractivity contribution in [3.63, 3.8) is 0 Å². The molecule has 6 nitrogen and oxygen atoms in total. The minimum atomic E-state index is -0.158. The summed E-state index contributed by atoms with van der Waals surface area (Å²) in [4.78, 5) is 28.6. The fraction of sp³-hybridized carbons (Fsp3) is 0.211. The van der Waals surface area contributed by atoms with Crippen molar-refractivity contribution in [2.24, 2.45) is 0 Å². The molecule has 0 aliphatic carbocycles. The number of para-hydroxylation sites is 2. The lowest BCUT2D eigenvalue weighted by Gasteiger charge is -2.11. The van der Waals surface area contributed by atoms with Crippen molar-refractivity contribution in [3.05, 3.63) is 58.8 Å². The number of nitrogens with one attached hydrogen (secondary N) is 2. The minimum Gasteiger partial charge on any atom is -0.349 e. The Morgan fingerprint density at radius 1 is 1.12 bits per heavy atom. The number of hydrogen-bond acceptors (Lipinski definition) is 3. The van der Waals surface area contributed by atoms with E-state index in [0.29, 0.717) is 12.2 Å². The Morgan fingerprint density at radius 2 is 1.92 bits per heavy atom. The van der Waals surface area contributed by atoms with E-state index in [0.717, 1.165) is 21.2 Å². The topological polar surface area (TPSA) is 76.0 Å². The van der Waals surface area contributed by atoms with Gasteiger partial charge in [-0.05, 0) is 30.3 Å². The Hall–Kier alpha value is -2.67. The summed E-state index contributed by atoms with van der Waals surface area (Å²) in [5.74, 6) is 0.439. The first-order chi connectivity index (χ1) is 12.6. The lowest BCUT2D eigenvalue weighted by molar-refractivity contribution is -0.121. The molecule has 2 N–H and O–H groups in total. The van der Waals surface area contributed by atoms with Gasteiger partial charge in [-0.15, -0.1) is 0 Å². The van der Waals surface area contributed by atoms with Crippen LogP contribution in [0.4, 0.5) is 5.69 Å². The van der Waals surface area contributed by atoms with Crippen molar-refractivity contribution < 1.29 is 9.59 Å². The van der Waals surface area contributed by atoms with Crippen LogP contribution in [0.1, 0.15) is 19.2 Å². The summed E-state index contributed by atoms with van der Waals surface area (Å²) in [5, 5.41) is 5.70. The van der Waals surface area contributed by atoms with Gasteiger partial charge in [-0.1, -0.05) is 41.1 Å². The van der Waals surface area contributed by atoms with Crippen molar-refractivity contribution in [1.82, 2.24) is 14.9 Å². The predicted octanol–water partition coefficient (Wildman–Crippen LogP) is 3.46. The molecule has 2 aromatic carbocycles. The summed E-state index contributed by atoms with van der Waals surface area (Å²) in [7, 11) is 0. The molecule has 3 aromatic rings. The molecule has 2 amide bonds. The Morgan fingerprint density at radius 3 is 2.69 bits per heavy atom. The molecule has 0 bridgehead atoms. The summed E-state index contributed by atoms with van der Waals surface area (Å²) < 4.78 is 2.73. The summed E-state index contributed by atoms with van der Waals surface area (Å²) >= 11 is 3.39. The van der Waals surface area contributed by atoms with Crippen LogP contribution >= 0.6 is 15.9 Å². The van der Waals surface area contributed by atoms with E-state index in [1.54, 1.807) is 6.92 Å². The largest absolute Gasteiger partial charge is 0.349 e. The van der Waals surface area contributed by atoms with Crippen LogP contribution in [-0.4, -0.2) is 21.4 Å². The number of aromatic nitrogens is 2. The molecular weight excluding hydrogens is 396 g/mol. The van der Waals surface area contributed by atoms with Crippen LogP contribution in [0.15, 0.2) is 53.0 Å². The van der Waals surface area contributed by atoms with Crippen LogP contribution in [0.3, 0.4) is 0 Å². The van der Waals surface area contributed by atoms with Gasteiger partial charge in [-0.25, -0.2) is 4.98 Å². The van der Waals surface area contributed by atoms with Gasteiger partial charge in [0.2, 0.25) is 11.8 Å². The molecule has 0 radical (unpaired) electrons. The number of halogens is 1. The number of fused-ring (bicyclic) bond motifs is 1. The molecule has 0 fully saturated rings. The van der Waals surface area contributed by atoms with Crippen LogP contribution in [-0.2, 0) is 22.7 Å². The van der Waals surface area contributed by atoms with E-state index in [9.17, 15) is 9.59 Å². The van der Waals surface area contributed by atoms with E-state index < -0.39 is 0 Å². The molecule has 0 atom stereocenters. The van der Waals surface area contributed by atoms with Gasteiger partial charge in [0.05, 0.1) is 17.6 Å². The van der Waals surface area contributed by atoms with Crippen LogP contribution in [0.5, 0.6) is 0 Å². The van der Waals surface area contributed by atoms with Gasteiger partial charge >= 0.3 is 0 Å². The highest BCUT2D eigenvalue weighted by molar-refractivity contribution is 9.10. The Bertz CT molecular complexity index is 952. The normalized spacial score (nSPS) is 10.7. The molecule has 1 heterocycles. The minimum absolute atomic E-state index is 0.0535. The van der Waals surface area contributed by atoms with Crippen molar-refractivity contribution in [2.45, 2.75) is 26.4 Å². The first-order valence-electron chi connectivity index (χ1n) is 8.33. The first kappa shape index (κ1) is 18.1.